The van der Waals surface area contributed by atoms with Gasteiger partial charge in [0, 0.05) is 5.56 Å². The smallest absolute Gasteiger partial charge is 0.247 e. The molecule has 2 unspecified atom stereocenters. The zero-order valence-corrected chi connectivity index (χ0v) is 16.8. The van der Waals surface area contributed by atoms with Crippen molar-refractivity contribution in [1.82, 2.24) is 19.5 Å². The second-order valence-corrected chi connectivity index (χ2v) is 7.42. The number of benzene rings is 2. The number of aromatic nitrogens is 4. The molecule has 0 bridgehead atoms. The summed E-state index contributed by atoms with van der Waals surface area (Å²) in [7, 11) is 0. The van der Waals surface area contributed by atoms with Crippen LogP contribution in [-0.4, -0.2) is 66.0 Å². The van der Waals surface area contributed by atoms with E-state index >= 15 is 0 Å². The van der Waals surface area contributed by atoms with Gasteiger partial charge in [-0.2, -0.15) is 15.1 Å². The van der Waals surface area contributed by atoms with Gasteiger partial charge in [-0.3, -0.25) is 4.57 Å². The molecule has 0 aliphatic carbocycles. The van der Waals surface area contributed by atoms with Crippen LogP contribution in [0.25, 0.3) is 21.9 Å². The van der Waals surface area contributed by atoms with Crippen LogP contribution >= 0.6 is 0 Å². The van der Waals surface area contributed by atoms with E-state index in [1.165, 1.54) is 10.9 Å². The molecule has 0 spiro atoms. The molecule has 2 aromatic heterocycles. The number of imidazole rings is 1. The first kappa shape index (κ1) is 20.3. The molecule has 3 heterocycles. The van der Waals surface area contributed by atoms with E-state index in [1.807, 2.05) is 42.5 Å². The number of hydrogen-bond acceptors (Lipinski definition) is 10. The highest BCUT2D eigenvalue weighted by Crippen LogP contribution is 2.32. The van der Waals surface area contributed by atoms with E-state index in [0.717, 1.165) is 16.3 Å². The highest BCUT2D eigenvalue weighted by molar-refractivity contribution is 5.99. The van der Waals surface area contributed by atoms with E-state index in [1.54, 1.807) is 6.21 Å². The van der Waals surface area contributed by atoms with E-state index in [2.05, 4.69) is 25.5 Å². The lowest BCUT2D eigenvalue weighted by Crippen LogP contribution is -2.33. The largest absolute Gasteiger partial charge is 0.394 e. The maximum atomic E-state index is 10.3. The molecule has 11 heteroatoms. The molecule has 32 heavy (non-hydrogen) atoms. The molecule has 1 saturated heterocycles. The molecular weight excluding hydrogens is 414 g/mol. The topological polar surface area (TPSA) is 164 Å². The van der Waals surface area contributed by atoms with Gasteiger partial charge in [-0.05, 0) is 10.8 Å². The zero-order valence-electron chi connectivity index (χ0n) is 16.8. The van der Waals surface area contributed by atoms with Gasteiger partial charge < -0.3 is 25.8 Å². The average Bonchev–Trinajstić information content (AvgIpc) is 3.35. The molecule has 164 valence electrons. The molecule has 6 N–H and O–H groups in total. The number of nitrogens with two attached hydrogens (primary N) is 1. The van der Waals surface area contributed by atoms with Crippen molar-refractivity contribution in [1.29, 1.82) is 0 Å². The van der Waals surface area contributed by atoms with Gasteiger partial charge in [0.2, 0.25) is 5.95 Å². The first-order valence-corrected chi connectivity index (χ1v) is 9.96. The van der Waals surface area contributed by atoms with Gasteiger partial charge >= 0.3 is 0 Å². The third kappa shape index (κ3) is 3.42. The van der Waals surface area contributed by atoms with Crippen LogP contribution in [-0.2, 0) is 4.74 Å². The molecule has 11 nitrogen and oxygen atoms in total. The van der Waals surface area contributed by atoms with E-state index in [-0.39, 0.29) is 17.4 Å². The number of hydrogen-bond donors (Lipinski definition) is 5. The fraction of sp³-hybridized carbons (Fsp3) is 0.238. The molecule has 0 amide bonds. The van der Waals surface area contributed by atoms with E-state index in [4.69, 9.17) is 10.5 Å². The van der Waals surface area contributed by atoms with Crippen molar-refractivity contribution >= 4 is 39.9 Å². The van der Waals surface area contributed by atoms with Crippen LogP contribution in [0.5, 0.6) is 0 Å². The SMILES string of the molecule is Nc1nc(NN=Cc2cccc3ccccc23)nc2c1ncn2[C@@H]1O[C@H](CO)C(O)C1O. The predicted molar refractivity (Wildman–Crippen MR) is 118 cm³/mol. The summed E-state index contributed by atoms with van der Waals surface area (Å²) in [5, 5.41) is 36.1. The number of rotatable bonds is 5. The van der Waals surface area contributed by atoms with Crippen LogP contribution in [0.1, 0.15) is 11.8 Å². The molecule has 4 aromatic rings. The van der Waals surface area contributed by atoms with Crippen molar-refractivity contribution in [3.05, 3.63) is 54.4 Å². The van der Waals surface area contributed by atoms with Crippen LogP contribution < -0.4 is 11.2 Å². The summed E-state index contributed by atoms with van der Waals surface area (Å²) >= 11 is 0. The van der Waals surface area contributed by atoms with E-state index in [9.17, 15) is 15.3 Å². The Morgan fingerprint density at radius 3 is 2.75 bits per heavy atom. The lowest BCUT2D eigenvalue weighted by Gasteiger charge is -2.16. The average molecular weight is 435 g/mol. The van der Waals surface area contributed by atoms with Crippen LogP contribution in [0.4, 0.5) is 11.8 Å². The number of nitrogens with zero attached hydrogens (tertiary/aromatic N) is 5. The summed E-state index contributed by atoms with van der Waals surface area (Å²) in [5.41, 5.74) is 10.3. The first-order chi connectivity index (χ1) is 15.6. The summed E-state index contributed by atoms with van der Waals surface area (Å²) in [4.78, 5) is 12.8. The number of ether oxygens (including phenoxy) is 1. The Labute approximate surface area is 181 Å². The van der Waals surface area contributed by atoms with Gasteiger partial charge in [-0.25, -0.2) is 10.4 Å². The third-order valence-corrected chi connectivity index (χ3v) is 5.43. The van der Waals surface area contributed by atoms with Crippen molar-refractivity contribution in [2.24, 2.45) is 5.10 Å². The molecular formula is C21H21N7O4. The Balaban J connectivity index is 1.44. The standard InChI is InChI=1S/C21H21N7O4/c22-18-15-19(28(10-23-15)20-17(31)16(30)14(9-29)32-20)26-21(25-18)27-24-8-12-6-3-5-11-4-1-2-7-13(11)12/h1-8,10,14,16-17,20,29-31H,9H2,(H3,22,25,26,27)/t14-,16?,17?,20-/m1/s1. The quantitative estimate of drug-likeness (QED) is 0.223. The molecule has 1 aliphatic rings. The molecule has 5 rings (SSSR count). The summed E-state index contributed by atoms with van der Waals surface area (Å²) in [5.74, 6) is 0.239. The highest BCUT2D eigenvalue weighted by atomic mass is 16.6. The van der Waals surface area contributed by atoms with Crippen molar-refractivity contribution in [2.75, 3.05) is 17.8 Å². The lowest BCUT2D eigenvalue weighted by molar-refractivity contribution is -0.0511. The maximum Gasteiger partial charge on any atom is 0.247 e. The molecule has 0 radical (unpaired) electrons. The van der Waals surface area contributed by atoms with Crippen LogP contribution in [0.15, 0.2) is 53.9 Å². The van der Waals surface area contributed by atoms with Crippen LogP contribution in [0, 0.1) is 0 Å². The number of nitrogens with one attached hydrogen (secondary N) is 1. The van der Waals surface area contributed by atoms with Crippen molar-refractivity contribution in [2.45, 2.75) is 24.5 Å². The van der Waals surface area contributed by atoms with Gasteiger partial charge in [0.25, 0.3) is 0 Å². The Hall–Kier alpha value is -3.64. The van der Waals surface area contributed by atoms with E-state index < -0.39 is 31.1 Å². The molecule has 4 atom stereocenters. The molecule has 0 saturated carbocycles. The predicted octanol–water partition coefficient (Wildman–Crippen LogP) is 0.619. The van der Waals surface area contributed by atoms with Gasteiger partial charge in [0.15, 0.2) is 17.7 Å². The number of nitrogen functional groups attached to an aromatic ring is 1. The summed E-state index contributed by atoms with van der Waals surface area (Å²) in [6.45, 7) is -0.436. The lowest BCUT2D eigenvalue weighted by atomic mass is 10.1. The molecule has 1 fully saturated rings. The first-order valence-electron chi connectivity index (χ1n) is 9.96. The minimum Gasteiger partial charge on any atom is -0.394 e. The van der Waals surface area contributed by atoms with E-state index in [0.29, 0.717) is 5.52 Å². The van der Waals surface area contributed by atoms with Crippen LogP contribution in [0.3, 0.4) is 0 Å². The maximum absolute atomic E-state index is 10.3. The van der Waals surface area contributed by atoms with Gasteiger partial charge in [0.05, 0.1) is 19.1 Å². The fourth-order valence-electron chi connectivity index (χ4n) is 3.81. The number of hydrazone groups is 1. The van der Waals surface area contributed by atoms with Gasteiger partial charge in [-0.1, -0.05) is 42.5 Å². The monoisotopic (exact) mass is 435 g/mol. The summed E-state index contributed by atoms with van der Waals surface area (Å²) in [6.07, 6.45) is -1.39. The second-order valence-electron chi connectivity index (χ2n) is 7.42. The van der Waals surface area contributed by atoms with Gasteiger partial charge in [-0.15, -0.1) is 0 Å². The third-order valence-electron chi connectivity index (χ3n) is 5.43. The summed E-state index contributed by atoms with van der Waals surface area (Å²) < 4.78 is 7.01. The zero-order chi connectivity index (χ0) is 22.2. The summed E-state index contributed by atoms with van der Waals surface area (Å²) in [6, 6.07) is 13.9. The van der Waals surface area contributed by atoms with Gasteiger partial charge in [0.1, 0.15) is 23.8 Å². The Kier molecular flexibility index (Phi) is 5.15. The minimum atomic E-state index is -1.28. The number of anilines is 2. The van der Waals surface area contributed by atoms with Crippen molar-refractivity contribution in [3.63, 3.8) is 0 Å². The molecule has 2 aromatic carbocycles. The number of fused-ring (bicyclic) bond motifs is 2. The fourth-order valence-corrected chi connectivity index (χ4v) is 3.81. The normalized spacial score (nSPS) is 23.5. The number of aliphatic hydroxyl groups excluding tert-OH is 3. The Bertz CT molecular complexity index is 1300. The van der Waals surface area contributed by atoms with Crippen molar-refractivity contribution < 1.29 is 20.1 Å². The minimum absolute atomic E-state index is 0.114. The van der Waals surface area contributed by atoms with Crippen LogP contribution in [0.2, 0.25) is 0 Å². The second kappa shape index (κ2) is 8.13. The highest BCUT2D eigenvalue weighted by Gasteiger charge is 2.44. The number of aliphatic hydroxyl groups is 3. The van der Waals surface area contributed by atoms with Crippen molar-refractivity contribution in [3.8, 4) is 0 Å². The molecule has 1 aliphatic heterocycles. The Morgan fingerprint density at radius 1 is 1.12 bits per heavy atom. The Morgan fingerprint density at radius 2 is 1.94 bits per heavy atom.